The van der Waals surface area contributed by atoms with Crippen molar-refractivity contribution in [2.24, 2.45) is 11.8 Å². The number of carbonyl (C=O) groups is 4. The number of rotatable bonds is 8. The maximum Gasteiger partial charge on any atom is 0.338 e. The summed E-state index contributed by atoms with van der Waals surface area (Å²) in [6, 6.07) is 11.2. The normalized spacial score (nSPS) is 17.9. The molecule has 0 atom stereocenters. The highest BCUT2D eigenvalue weighted by Crippen LogP contribution is 2.29. The fourth-order valence-electron chi connectivity index (χ4n) is 3.62. The van der Waals surface area contributed by atoms with Gasteiger partial charge in [0.2, 0.25) is 0 Å². The molecule has 0 radical (unpaired) electrons. The fraction of sp³-hybridized carbons (Fsp3) is 0.333. The lowest BCUT2D eigenvalue weighted by Crippen LogP contribution is -2.24. The monoisotopic (exact) mass is 440 g/mol. The van der Waals surface area contributed by atoms with Gasteiger partial charge in [0, 0.05) is 0 Å². The van der Waals surface area contributed by atoms with Crippen LogP contribution in [0, 0.1) is 11.8 Å². The quantitative estimate of drug-likeness (QED) is 0.592. The third kappa shape index (κ3) is 6.16. The predicted molar refractivity (Wildman–Crippen MR) is 113 cm³/mol. The van der Waals surface area contributed by atoms with Crippen molar-refractivity contribution in [3.63, 3.8) is 0 Å². The molecule has 0 amide bonds. The van der Waals surface area contributed by atoms with Crippen molar-refractivity contribution >= 4 is 23.9 Å². The molecule has 0 spiro atoms. The highest BCUT2D eigenvalue weighted by atomic mass is 16.5. The minimum atomic E-state index is -1.05. The van der Waals surface area contributed by atoms with Crippen molar-refractivity contribution in [1.82, 2.24) is 0 Å². The van der Waals surface area contributed by atoms with Gasteiger partial charge in [-0.25, -0.2) is 19.2 Å². The van der Waals surface area contributed by atoms with E-state index in [9.17, 15) is 19.2 Å². The number of hydrogen-bond acceptors (Lipinski definition) is 6. The molecule has 0 heterocycles. The Morgan fingerprint density at radius 3 is 1.16 bits per heavy atom. The van der Waals surface area contributed by atoms with Gasteiger partial charge in [-0.1, -0.05) is 0 Å². The van der Waals surface area contributed by atoms with Gasteiger partial charge in [0.15, 0.2) is 0 Å². The van der Waals surface area contributed by atoms with Crippen LogP contribution in [0.2, 0.25) is 0 Å². The maximum absolute atomic E-state index is 12.1. The molecule has 0 bridgehead atoms. The van der Waals surface area contributed by atoms with Crippen LogP contribution < -0.4 is 0 Å². The van der Waals surface area contributed by atoms with Gasteiger partial charge < -0.3 is 19.7 Å². The van der Waals surface area contributed by atoms with Gasteiger partial charge in [-0.15, -0.1) is 0 Å². The van der Waals surface area contributed by atoms with Crippen LogP contribution >= 0.6 is 0 Å². The Balaban J connectivity index is 1.37. The van der Waals surface area contributed by atoms with Gasteiger partial charge >= 0.3 is 23.9 Å². The Hall–Kier alpha value is -3.68. The molecule has 8 heteroatoms. The maximum atomic E-state index is 12.1. The molecule has 0 aromatic heterocycles. The van der Waals surface area contributed by atoms with Crippen molar-refractivity contribution in [3.8, 4) is 0 Å². The second-order valence-electron chi connectivity index (χ2n) is 7.85. The van der Waals surface area contributed by atoms with E-state index < -0.39 is 23.9 Å². The number of esters is 2. The molecule has 0 aliphatic heterocycles. The number of carboxylic acids is 2. The summed E-state index contributed by atoms with van der Waals surface area (Å²) < 4.78 is 10.7. The number of aromatic carboxylic acids is 2. The highest BCUT2D eigenvalue weighted by molar-refractivity contribution is 5.93. The molecule has 1 aliphatic carbocycles. The van der Waals surface area contributed by atoms with E-state index in [2.05, 4.69) is 0 Å². The van der Waals surface area contributed by atoms with Gasteiger partial charge in [-0.3, -0.25) is 0 Å². The average Bonchev–Trinajstić information content (AvgIpc) is 2.81. The predicted octanol–water partition coefficient (Wildman–Crippen LogP) is 3.90. The van der Waals surface area contributed by atoms with Crippen molar-refractivity contribution in [3.05, 3.63) is 70.8 Å². The molecule has 168 valence electrons. The zero-order valence-electron chi connectivity index (χ0n) is 17.4. The van der Waals surface area contributed by atoms with Crippen LogP contribution in [0.4, 0.5) is 0 Å². The van der Waals surface area contributed by atoms with Crippen LogP contribution in [0.5, 0.6) is 0 Å². The summed E-state index contributed by atoms with van der Waals surface area (Å²) in [6.07, 6.45) is 3.39. The molecule has 8 nitrogen and oxygen atoms in total. The van der Waals surface area contributed by atoms with E-state index in [1.54, 1.807) is 0 Å². The Labute approximate surface area is 184 Å². The van der Waals surface area contributed by atoms with Crippen LogP contribution in [0.3, 0.4) is 0 Å². The lowest BCUT2D eigenvalue weighted by Gasteiger charge is -2.27. The molecule has 1 fully saturated rings. The van der Waals surface area contributed by atoms with Gasteiger partial charge in [-0.05, 0) is 86.1 Å². The first-order valence-electron chi connectivity index (χ1n) is 10.3. The lowest BCUT2D eigenvalue weighted by molar-refractivity contribution is 0.0297. The fourth-order valence-corrected chi connectivity index (χ4v) is 3.62. The summed E-state index contributed by atoms with van der Waals surface area (Å²) in [5.74, 6) is -2.61. The summed E-state index contributed by atoms with van der Waals surface area (Å²) in [5, 5.41) is 17.8. The summed E-state index contributed by atoms with van der Waals surface area (Å²) in [5.41, 5.74) is 0.842. The smallest absolute Gasteiger partial charge is 0.338 e. The molecular weight excluding hydrogens is 416 g/mol. The first-order valence-corrected chi connectivity index (χ1v) is 10.3. The van der Waals surface area contributed by atoms with Crippen LogP contribution in [0.15, 0.2) is 48.5 Å². The SMILES string of the molecule is O=C(O)c1ccc(C(=O)OCC2CCC(COC(=O)c3ccc(C(=O)O)cc3)CC2)cc1. The molecule has 0 saturated heterocycles. The summed E-state index contributed by atoms with van der Waals surface area (Å²) >= 11 is 0. The van der Waals surface area contributed by atoms with Crippen LogP contribution in [-0.2, 0) is 9.47 Å². The van der Waals surface area contributed by atoms with Crippen LogP contribution in [0.25, 0.3) is 0 Å². The summed E-state index contributed by atoms with van der Waals surface area (Å²) in [4.78, 5) is 46.0. The molecule has 3 rings (SSSR count). The molecule has 1 saturated carbocycles. The second-order valence-corrected chi connectivity index (χ2v) is 7.85. The Kier molecular flexibility index (Phi) is 7.59. The molecule has 2 aromatic rings. The number of ether oxygens (including phenoxy) is 2. The zero-order chi connectivity index (χ0) is 23.1. The van der Waals surface area contributed by atoms with Crippen LogP contribution in [0.1, 0.15) is 67.1 Å². The molecular formula is C24H24O8. The van der Waals surface area contributed by atoms with E-state index in [1.807, 2.05) is 0 Å². The van der Waals surface area contributed by atoms with Gasteiger partial charge in [0.25, 0.3) is 0 Å². The van der Waals surface area contributed by atoms with Crippen LogP contribution in [-0.4, -0.2) is 47.3 Å². The van der Waals surface area contributed by atoms with Gasteiger partial charge in [0.1, 0.15) is 0 Å². The topological polar surface area (TPSA) is 127 Å². The molecule has 2 N–H and O–H groups in total. The minimum absolute atomic E-state index is 0.109. The molecule has 1 aliphatic rings. The Morgan fingerprint density at radius 2 is 0.875 bits per heavy atom. The Bertz CT molecular complexity index is 889. The minimum Gasteiger partial charge on any atom is -0.478 e. The zero-order valence-corrected chi connectivity index (χ0v) is 17.4. The largest absolute Gasteiger partial charge is 0.478 e. The Morgan fingerprint density at radius 1 is 0.594 bits per heavy atom. The third-order valence-electron chi connectivity index (χ3n) is 5.60. The molecule has 2 aromatic carbocycles. The molecule has 32 heavy (non-hydrogen) atoms. The number of carbonyl (C=O) groups excluding carboxylic acids is 2. The first-order chi connectivity index (χ1) is 15.3. The van der Waals surface area contributed by atoms with Gasteiger partial charge in [-0.2, -0.15) is 0 Å². The molecule has 0 unspecified atom stereocenters. The average molecular weight is 440 g/mol. The highest BCUT2D eigenvalue weighted by Gasteiger charge is 2.24. The van der Waals surface area contributed by atoms with Crippen molar-refractivity contribution in [1.29, 1.82) is 0 Å². The van der Waals surface area contributed by atoms with E-state index in [4.69, 9.17) is 19.7 Å². The second kappa shape index (κ2) is 10.6. The number of carboxylic acid groups (broad SMARTS) is 2. The van der Waals surface area contributed by atoms with E-state index in [1.165, 1.54) is 48.5 Å². The van der Waals surface area contributed by atoms with E-state index >= 15 is 0 Å². The standard InChI is InChI=1S/C24H24O8/c25-21(26)17-5-9-19(10-6-17)23(29)31-13-15-1-2-16(4-3-15)14-32-24(30)20-11-7-18(8-12-20)22(27)28/h5-12,15-16H,1-4,13-14H2,(H,25,26)(H,27,28). The van der Waals surface area contributed by atoms with Crippen molar-refractivity contribution in [2.75, 3.05) is 13.2 Å². The van der Waals surface area contributed by atoms with Crippen molar-refractivity contribution in [2.45, 2.75) is 25.7 Å². The van der Waals surface area contributed by atoms with E-state index in [0.29, 0.717) is 24.3 Å². The van der Waals surface area contributed by atoms with E-state index in [0.717, 1.165) is 25.7 Å². The number of benzene rings is 2. The van der Waals surface area contributed by atoms with E-state index in [-0.39, 0.29) is 23.0 Å². The first kappa shape index (κ1) is 23.0. The third-order valence-corrected chi connectivity index (χ3v) is 5.60. The summed E-state index contributed by atoms with van der Waals surface area (Å²) in [7, 11) is 0. The number of hydrogen-bond donors (Lipinski definition) is 2. The summed E-state index contributed by atoms with van der Waals surface area (Å²) in [6.45, 7) is 0.587. The van der Waals surface area contributed by atoms with Gasteiger partial charge in [0.05, 0.1) is 35.5 Å². The lowest BCUT2D eigenvalue weighted by atomic mass is 9.83. The van der Waals surface area contributed by atoms with Crippen molar-refractivity contribution < 1.29 is 38.9 Å².